The van der Waals surface area contributed by atoms with Crippen molar-refractivity contribution in [3.63, 3.8) is 0 Å². The molecule has 3 aromatic rings. The van der Waals surface area contributed by atoms with Crippen LogP contribution in [-0.2, 0) is 13.6 Å². The van der Waals surface area contributed by atoms with Crippen molar-refractivity contribution in [1.29, 1.82) is 0 Å². The van der Waals surface area contributed by atoms with Gasteiger partial charge in [-0.1, -0.05) is 6.92 Å². The molecule has 0 saturated carbocycles. The summed E-state index contributed by atoms with van der Waals surface area (Å²) in [6.45, 7) is 2.57. The van der Waals surface area contributed by atoms with Crippen LogP contribution in [0.5, 0.6) is 0 Å². The van der Waals surface area contributed by atoms with Gasteiger partial charge in [-0.2, -0.15) is 10.1 Å². The third-order valence-electron chi connectivity index (χ3n) is 3.54. The van der Waals surface area contributed by atoms with Gasteiger partial charge in [0.2, 0.25) is 5.95 Å². The van der Waals surface area contributed by atoms with E-state index in [0.717, 1.165) is 12.0 Å². The molecule has 0 amide bonds. The molecule has 2 N–H and O–H groups in total. The van der Waals surface area contributed by atoms with E-state index in [1.807, 2.05) is 19.1 Å². The van der Waals surface area contributed by atoms with Gasteiger partial charge in [-0.15, -0.1) is 0 Å². The highest BCUT2D eigenvalue weighted by Gasteiger charge is 2.16. The molecule has 24 heavy (non-hydrogen) atoms. The minimum Gasteiger partial charge on any atom is -0.303 e. The molecule has 0 atom stereocenters. The zero-order chi connectivity index (χ0) is 17.1. The molecule has 0 bridgehead atoms. The van der Waals surface area contributed by atoms with Crippen LogP contribution in [0.15, 0.2) is 39.2 Å². The number of aromatic nitrogens is 5. The highest BCUT2D eigenvalue weighted by atomic mass is 16.2. The number of rotatable bonds is 5. The first kappa shape index (κ1) is 15.7. The summed E-state index contributed by atoms with van der Waals surface area (Å²) in [5, 5.41) is 4.15. The minimum atomic E-state index is -0.500. The maximum Gasteiger partial charge on any atom is 0.329 e. The Morgan fingerprint density at radius 2 is 2.08 bits per heavy atom. The van der Waals surface area contributed by atoms with Gasteiger partial charge in [-0.05, 0) is 24.1 Å². The van der Waals surface area contributed by atoms with Gasteiger partial charge in [0.05, 0.1) is 6.21 Å². The number of anilines is 1. The fourth-order valence-corrected chi connectivity index (χ4v) is 2.38. The Morgan fingerprint density at radius 3 is 2.79 bits per heavy atom. The summed E-state index contributed by atoms with van der Waals surface area (Å²) in [5.41, 5.74) is 3.43. The number of nitrogens with zero attached hydrogens (tertiary/aromatic N) is 5. The van der Waals surface area contributed by atoms with Crippen LogP contribution in [0.2, 0.25) is 0 Å². The SMILES string of the molecule is CCCn1c(N/N=C\c2ccncc2)nc2c1c(=O)[nH]c(=O)n2C. The number of hydrazone groups is 1. The summed E-state index contributed by atoms with van der Waals surface area (Å²) in [4.78, 5) is 34.5. The number of hydrogen-bond donors (Lipinski definition) is 2. The third-order valence-corrected chi connectivity index (χ3v) is 3.54. The first-order chi connectivity index (χ1) is 11.6. The normalized spacial score (nSPS) is 11.4. The summed E-state index contributed by atoms with van der Waals surface area (Å²) >= 11 is 0. The van der Waals surface area contributed by atoms with Crippen LogP contribution in [0, 0.1) is 0 Å². The molecule has 0 unspecified atom stereocenters. The number of pyridine rings is 1. The Balaban J connectivity index is 2.04. The molecule has 0 aliphatic heterocycles. The number of hydrogen-bond acceptors (Lipinski definition) is 6. The molecule has 0 aromatic carbocycles. The molecule has 9 nitrogen and oxygen atoms in total. The number of nitrogens with one attached hydrogen (secondary N) is 2. The molecule has 0 spiro atoms. The largest absolute Gasteiger partial charge is 0.329 e. The van der Waals surface area contributed by atoms with E-state index in [0.29, 0.717) is 23.7 Å². The topological polar surface area (TPSA) is 110 Å². The van der Waals surface area contributed by atoms with E-state index >= 15 is 0 Å². The van der Waals surface area contributed by atoms with Gasteiger partial charge >= 0.3 is 5.69 Å². The molecular formula is C15H17N7O2. The van der Waals surface area contributed by atoms with Gasteiger partial charge in [0, 0.05) is 26.0 Å². The van der Waals surface area contributed by atoms with Crippen molar-refractivity contribution < 1.29 is 0 Å². The highest BCUT2D eigenvalue weighted by Crippen LogP contribution is 2.15. The van der Waals surface area contributed by atoms with Crippen molar-refractivity contribution in [3.05, 3.63) is 50.9 Å². The van der Waals surface area contributed by atoms with Gasteiger partial charge in [-0.3, -0.25) is 19.3 Å². The second-order valence-electron chi connectivity index (χ2n) is 5.23. The number of H-pyrrole nitrogens is 1. The van der Waals surface area contributed by atoms with Crippen molar-refractivity contribution >= 4 is 23.3 Å². The predicted molar refractivity (Wildman–Crippen MR) is 91.3 cm³/mol. The molecule has 0 saturated heterocycles. The smallest absolute Gasteiger partial charge is 0.303 e. The van der Waals surface area contributed by atoms with E-state index in [2.05, 4.69) is 25.5 Å². The average molecular weight is 327 g/mol. The van der Waals surface area contributed by atoms with E-state index < -0.39 is 11.2 Å². The number of imidazole rings is 1. The molecular weight excluding hydrogens is 310 g/mol. The first-order valence-electron chi connectivity index (χ1n) is 7.50. The molecule has 0 fully saturated rings. The van der Waals surface area contributed by atoms with E-state index in [9.17, 15) is 9.59 Å². The fraction of sp³-hybridized carbons (Fsp3) is 0.267. The molecule has 124 valence electrons. The van der Waals surface area contributed by atoms with Crippen molar-refractivity contribution in [2.24, 2.45) is 12.1 Å². The second-order valence-corrected chi connectivity index (χ2v) is 5.23. The van der Waals surface area contributed by atoms with Crippen LogP contribution in [-0.4, -0.2) is 30.3 Å². The van der Waals surface area contributed by atoms with E-state index in [4.69, 9.17) is 0 Å². The molecule has 0 radical (unpaired) electrons. The summed E-state index contributed by atoms with van der Waals surface area (Å²) < 4.78 is 3.03. The lowest BCUT2D eigenvalue weighted by Gasteiger charge is -2.05. The summed E-state index contributed by atoms with van der Waals surface area (Å²) in [5.74, 6) is 0.406. The van der Waals surface area contributed by atoms with E-state index in [1.165, 1.54) is 4.57 Å². The molecule has 3 heterocycles. The Kier molecular flexibility index (Phi) is 4.23. The van der Waals surface area contributed by atoms with Crippen molar-refractivity contribution in [2.75, 3.05) is 5.43 Å². The number of aryl methyl sites for hydroxylation is 2. The maximum atomic E-state index is 12.2. The molecule has 0 aliphatic rings. The standard InChI is InChI=1S/C15H17N7O2/c1-3-8-22-11-12(21(2)15(24)19-13(11)23)18-14(22)20-17-9-10-4-6-16-7-5-10/h4-7,9H,3,8H2,1-2H3,(H,18,20)(H,19,23,24)/b17-9-. The highest BCUT2D eigenvalue weighted by molar-refractivity contribution is 5.80. The zero-order valence-corrected chi connectivity index (χ0v) is 13.4. The van der Waals surface area contributed by atoms with Crippen LogP contribution in [0.1, 0.15) is 18.9 Å². The molecule has 9 heteroatoms. The molecule has 3 aromatic heterocycles. The first-order valence-corrected chi connectivity index (χ1v) is 7.50. The minimum absolute atomic E-state index is 0.318. The lowest BCUT2D eigenvalue weighted by molar-refractivity contribution is 0.698. The lowest BCUT2D eigenvalue weighted by Crippen LogP contribution is -2.29. The molecule has 3 rings (SSSR count). The Morgan fingerprint density at radius 1 is 1.33 bits per heavy atom. The quantitative estimate of drug-likeness (QED) is 0.529. The van der Waals surface area contributed by atoms with Gasteiger partial charge in [0.15, 0.2) is 11.2 Å². The van der Waals surface area contributed by atoms with Gasteiger partial charge in [0.1, 0.15) is 0 Å². The van der Waals surface area contributed by atoms with Gasteiger partial charge in [-0.25, -0.2) is 10.2 Å². The third kappa shape index (κ3) is 2.83. The summed E-state index contributed by atoms with van der Waals surface area (Å²) in [7, 11) is 1.56. The Hall–Kier alpha value is -3.23. The molecule has 0 aliphatic carbocycles. The van der Waals surface area contributed by atoms with Crippen LogP contribution < -0.4 is 16.7 Å². The summed E-state index contributed by atoms with van der Waals surface area (Å²) in [6, 6.07) is 3.63. The zero-order valence-electron chi connectivity index (χ0n) is 13.4. The van der Waals surface area contributed by atoms with Crippen LogP contribution in [0.25, 0.3) is 11.2 Å². The monoisotopic (exact) mass is 327 g/mol. The lowest BCUT2D eigenvalue weighted by atomic mass is 10.3. The van der Waals surface area contributed by atoms with Crippen LogP contribution >= 0.6 is 0 Å². The van der Waals surface area contributed by atoms with Crippen LogP contribution in [0.4, 0.5) is 5.95 Å². The predicted octanol–water partition coefficient (Wildman–Crippen LogP) is 0.674. The maximum absolute atomic E-state index is 12.2. The summed E-state index contributed by atoms with van der Waals surface area (Å²) in [6.07, 6.45) is 5.77. The Labute approximate surface area is 136 Å². The van der Waals surface area contributed by atoms with Gasteiger partial charge < -0.3 is 4.57 Å². The van der Waals surface area contributed by atoms with E-state index in [-0.39, 0.29) is 0 Å². The van der Waals surface area contributed by atoms with Gasteiger partial charge in [0.25, 0.3) is 5.56 Å². The Bertz CT molecular complexity index is 998. The van der Waals surface area contributed by atoms with Crippen LogP contribution in [0.3, 0.4) is 0 Å². The second kappa shape index (κ2) is 6.49. The van der Waals surface area contributed by atoms with Crippen molar-refractivity contribution in [1.82, 2.24) is 24.1 Å². The van der Waals surface area contributed by atoms with E-state index in [1.54, 1.807) is 30.2 Å². The number of aromatic amines is 1. The van der Waals surface area contributed by atoms with Crippen molar-refractivity contribution in [2.45, 2.75) is 19.9 Å². The number of fused-ring (bicyclic) bond motifs is 1. The average Bonchev–Trinajstić information content (AvgIpc) is 2.93. The van der Waals surface area contributed by atoms with Crippen molar-refractivity contribution in [3.8, 4) is 0 Å². The fourth-order valence-electron chi connectivity index (χ4n) is 2.38.